The van der Waals surface area contributed by atoms with Crippen LogP contribution in [0.1, 0.15) is 59.9 Å². The van der Waals surface area contributed by atoms with E-state index < -0.39 is 12.1 Å². The maximum Gasteiger partial charge on any atom is 0.339 e. The Morgan fingerprint density at radius 3 is 2.26 bits per heavy atom. The van der Waals surface area contributed by atoms with E-state index in [9.17, 15) is 14.4 Å². The molecule has 2 aromatic carbocycles. The molecule has 3 rings (SSSR count). The summed E-state index contributed by atoms with van der Waals surface area (Å²) in [6.45, 7) is 6.11. The number of hydrogen-bond donors (Lipinski definition) is 1. The molecule has 1 aliphatic carbocycles. The first kappa shape index (κ1) is 22.3. The summed E-state index contributed by atoms with van der Waals surface area (Å²) in [7, 11) is 0. The third-order valence-electron chi connectivity index (χ3n) is 4.77. The minimum absolute atomic E-state index is 0.102. The number of hydrogen-bond acceptors (Lipinski definition) is 6. The van der Waals surface area contributed by atoms with E-state index in [0.29, 0.717) is 30.3 Å². The highest BCUT2D eigenvalue weighted by atomic mass is 16.5. The van der Waals surface area contributed by atoms with E-state index >= 15 is 0 Å². The fourth-order valence-corrected chi connectivity index (χ4v) is 3.03. The number of rotatable bonds is 10. The zero-order valence-electron chi connectivity index (χ0n) is 18.0. The Hall–Kier alpha value is -3.35. The van der Waals surface area contributed by atoms with Gasteiger partial charge >= 0.3 is 5.97 Å². The van der Waals surface area contributed by atoms with Gasteiger partial charge in [0.2, 0.25) is 0 Å². The number of esters is 1. The SMILES string of the molecule is CCOc1ccc(C(=O)c2ccccc2C(=O)O[C@H](C)C(=O)NC2CC2)cc1OCC. The first-order valence-corrected chi connectivity index (χ1v) is 10.5. The van der Waals surface area contributed by atoms with Crippen molar-refractivity contribution in [3.05, 3.63) is 59.2 Å². The number of carbonyl (C=O) groups is 3. The van der Waals surface area contributed by atoms with Crippen molar-refractivity contribution in [2.45, 2.75) is 45.8 Å². The number of nitrogens with one attached hydrogen (secondary N) is 1. The van der Waals surface area contributed by atoms with Crippen LogP contribution in [0.25, 0.3) is 0 Å². The van der Waals surface area contributed by atoms with Crippen LogP contribution in [0.3, 0.4) is 0 Å². The topological polar surface area (TPSA) is 90.9 Å². The second-order valence-electron chi connectivity index (χ2n) is 7.23. The van der Waals surface area contributed by atoms with Crippen LogP contribution >= 0.6 is 0 Å². The van der Waals surface area contributed by atoms with Crippen molar-refractivity contribution in [1.82, 2.24) is 5.32 Å². The number of benzene rings is 2. The van der Waals surface area contributed by atoms with Crippen LogP contribution in [-0.2, 0) is 9.53 Å². The number of ether oxygens (including phenoxy) is 3. The van der Waals surface area contributed by atoms with E-state index in [4.69, 9.17) is 14.2 Å². The lowest BCUT2D eigenvalue weighted by molar-refractivity contribution is -0.129. The molecule has 1 aliphatic rings. The van der Waals surface area contributed by atoms with Crippen molar-refractivity contribution in [3.63, 3.8) is 0 Å². The molecule has 1 saturated carbocycles. The third kappa shape index (κ3) is 5.63. The first-order chi connectivity index (χ1) is 14.9. The van der Waals surface area contributed by atoms with Crippen LogP contribution in [0.4, 0.5) is 0 Å². The van der Waals surface area contributed by atoms with Crippen LogP contribution < -0.4 is 14.8 Å². The maximum atomic E-state index is 13.2. The molecule has 0 spiro atoms. The molecule has 2 aromatic rings. The second kappa shape index (κ2) is 10.1. The minimum atomic E-state index is -0.953. The normalized spacial score (nSPS) is 13.8. The molecule has 7 heteroatoms. The molecule has 0 aliphatic heterocycles. The van der Waals surface area contributed by atoms with Crippen LogP contribution in [-0.4, -0.2) is 43.0 Å². The van der Waals surface area contributed by atoms with E-state index in [2.05, 4.69) is 5.32 Å². The Morgan fingerprint density at radius 1 is 0.968 bits per heavy atom. The zero-order valence-corrected chi connectivity index (χ0v) is 18.0. The molecule has 1 fully saturated rings. The van der Waals surface area contributed by atoms with Gasteiger partial charge in [0, 0.05) is 17.2 Å². The average molecular weight is 425 g/mol. The van der Waals surface area contributed by atoms with E-state index in [-0.39, 0.29) is 28.9 Å². The average Bonchev–Trinajstić information content (AvgIpc) is 3.58. The standard InChI is InChI=1S/C24H27NO6/c1-4-29-20-13-10-16(14-21(20)30-5-2)22(26)18-8-6-7-9-19(18)24(28)31-15(3)23(27)25-17-11-12-17/h6-10,13-15,17H,4-5,11-12H2,1-3H3,(H,25,27)/t15-/m1/s1. The fraction of sp³-hybridized carbons (Fsp3) is 0.375. The maximum absolute atomic E-state index is 13.2. The Balaban J connectivity index is 1.81. The van der Waals surface area contributed by atoms with Gasteiger partial charge in [-0.3, -0.25) is 9.59 Å². The Labute approximate surface area is 181 Å². The highest BCUT2D eigenvalue weighted by molar-refractivity contribution is 6.14. The van der Waals surface area contributed by atoms with Gasteiger partial charge < -0.3 is 19.5 Å². The van der Waals surface area contributed by atoms with Crippen molar-refractivity contribution in [2.24, 2.45) is 0 Å². The van der Waals surface area contributed by atoms with Gasteiger partial charge in [-0.15, -0.1) is 0 Å². The van der Waals surface area contributed by atoms with Crippen LogP contribution in [0.2, 0.25) is 0 Å². The van der Waals surface area contributed by atoms with Crippen molar-refractivity contribution in [1.29, 1.82) is 0 Å². The molecule has 0 heterocycles. The molecular weight excluding hydrogens is 398 g/mol. The Bertz CT molecular complexity index is 966. The predicted molar refractivity (Wildman–Crippen MR) is 115 cm³/mol. The lowest BCUT2D eigenvalue weighted by atomic mass is 9.98. The Kier molecular flexibility index (Phi) is 7.28. The molecule has 1 atom stereocenters. The molecule has 0 unspecified atom stereocenters. The molecule has 31 heavy (non-hydrogen) atoms. The third-order valence-corrected chi connectivity index (χ3v) is 4.77. The van der Waals surface area contributed by atoms with Gasteiger partial charge in [0.15, 0.2) is 23.4 Å². The van der Waals surface area contributed by atoms with E-state index in [1.807, 2.05) is 13.8 Å². The molecule has 0 radical (unpaired) electrons. The van der Waals surface area contributed by atoms with E-state index in [1.165, 1.54) is 13.0 Å². The Morgan fingerprint density at radius 2 is 1.61 bits per heavy atom. The van der Waals surface area contributed by atoms with Crippen molar-refractivity contribution in [3.8, 4) is 11.5 Å². The van der Waals surface area contributed by atoms with Crippen LogP contribution in [0.15, 0.2) is 42.5 Å². The molecule has 7 nitrogen and oxygen atoms in total. The summed E-state index contributed by atoms with van der Waals surface area (Å²) in [6, 6.07) is 11.5. The molecule has 0 bridgehead atoms. The summed E-state index contributed by atoms with van der Waals surface area (Å²) in [5.74, 6) is -0.415. The van der Waals surface area contributed by atoms with Gasteiger partial charge in [0.1, 0.15) is 0 Å². The summed E-state index contributed by atoms with van der Waals surface area (Å²) in [6.07, 6.45) is 0.928. The summed E-state index contributed by atoms with van der Waals surface area (Å²) in [5.41, 5.74) is 0.644. The highest BCUT2D eigenvalue weighted by Crippen LogP contribution is 2.30. The van der Waals surface area contributed by atoms with E-state index in [1.54, 1.807) is 36.4 Å². The van der Waals surface area contributed by atoms with Crippen molar-refractivity contribution in [2.75, 3.05) is 13.2 Å². The summed E-state index contributed by atoms with van der Waals surface area (Å²) in [4.78, 5) is 38.0. The van der Waals surface area contributed by atoms with Gasteiger partial charge in [-0.1, -0.05) is 18.2 Å². The molecule has 0 saturated heterocycles. The van der Waals surface area contributed by atoms with Gasteiger partial charge in [-0.2, -0.15) is 0 Å². The van der Waals surface area contributed by atoms with Gasteiger partial charge in [-0.25, -0.2) is 4.79 Å². The number of amides is 1. The smallest absolute Gasteiger partial charge is 0.339 e. The van der Waals surface area contributed by atoms with Crippen LogP contribution in [0, 0.1) is 0 Å². The van der Waals surface area contributed by atoms with E-state index in [0.717, 1.165) is 12.8 Å². The van der Waals surface area contributed by atoms with Crippen molar-refractivity contribution < 1.29 is 28.6 Å². The van der Waals surface area contributed by atoms with Crippen molar-refractivity contribution >= 4 is 17.7 Å². The molecule has 1 amide bonds. The number of ketones is 1. The zero-order chi connectivity index (χ0) is 22.4. The molecular formula is C24H27NO6. The molecule has 0 aromatic heterocycles. The monoisotopic (exact) mass is 425 g/mol. The summed E-state index contributed by atoms with van der Waals surface area (Å²) < 4.78 is 16.5. The largest absolute Gasteiger partial charge is 0.490 e. The summed E-state index contributed by atoms with van der Waals surface area (Å²) in [5, 5.41) is 2.80. The highest BCUT2D eigenvalue weighted by Gasteiger charge is 2.28. The first-order valence-electron chi connectivity index (χ1n) is 10.5. The van der Waals surface area contributed by atoms with Gasteiger partial charge in [0.25, 0.3) is 5.91 Å². The second-order valence-corrected chi connectivity index (χ2v) is 7.23. The predicted octanol–water partition coefficient (Wildman–Crippen LogP) is 3.54. The number of carbonyl (C=O) groups excluding carboxylic acids is 3. The van der Waals surface area contributed by atoms with Crippen LogP contribution in [0.5, 0.6) is 11.5 Å². The van der Waals surface area contributed by atoms with Gasteiger partial charge in [0.05, 0.1) is 18.8 Å². The lowest BCUT2D eigenvalue weighted by Gasteiger charge is -2.15. The quantitative estimate of drug-likeness (QED) is 0.463. The fourth-order valence-electron chi connectivity index (χ4n) is 3.03. The lowest BCUT2D eigenvalue weighted by Crippen LogP contribution is -2.37. The minimum Gasteiger partial charge on any atom is -0.490 e. The molecule has 1 N–H and O–H groups in total. The molecule has 164 valence electrons. The van der Waals surface area contributed by atoms with Gasteiger partial charge in [-0.05, 0) is 57.9 Å². The summed E-state index contributed by atoms with van der Waals surface area (Å²) >= 11 is 0.